The van der Waals surface area contributed by atoms with Crippen molar-refractivity contribution in [3.05, 3.63) is 30.1 Å². The van der Waals surface area contributed by atoms with E-state index < -0.39 is 0 Å². The Hall–Kier alpha value is -2.02. The molecule has 0 saturated carbocycles. The first-order valence-electron chi connectivity index (χ1n) is 7.81. The largest absolute Gasteiger partial charge is 0.424 e. The molecule has 0 aliphatic carbocycles. The minimum Gasteiger partial charge on any atom is -0.424 e. The van der Waals surface area contributed by atoms with E-state index >= 15 is 0 Å². The minimum absolute atomic E-state index is 0.267. The maximum absolute atomic E-state index is 5.60. The summed E-state index contributed by atoms with van der Waals surface area (Å²) in [5.41, 5.74) is 0. The van der Waals surface area contributed by atoms with Gasteiger partial charge in [0.15, 0.2) is 5.82 Å². The van der Waals surface area contributed by atoms with Crippen LogP contribution in [0.3, 0.4) is 0 Å². The second kappa shape index (κ2) is 6.83. The lowest BCUT2D eigenvalue weighted by molar-refractivity contribution is 0.413. The van der Waals surface area contributed by atoms with Crippen molar-refractivity contribution in [3.63, 3.8) is 0 Å². The first kappa shape index (κ1) is 14.9. The van der Waals surface area contributed by atoms with E-state index in [9.17, 15) is 0 Å². The van der Waals surface area contributed by atoms with Crippen molar-refractivity contribution < 1.29 is 4.42 Å². The zero-order valence-corrected chi connectivity index (χ0v) is 13.1. The van der Waals surface area contributed by atoms with Crippen molar-refractivity contribution in [2.75, 3.05) is 18.0 Å². The lowest BCUT2D eigenvalue weighted by Crippen LogP contribution is -2.38. The highest BCUT2D eigenvalue weighted by molar-refractivity contribution is 5.39. The molecule has 1 N–H and O–H groups in total. The molecule has 1 aliphatic rings. The third kappa shape index (κ3) is 3.41. The number of nitrogens with zero attached hydrogens (tertiary/aromatic N) is 5. The van der Waals surface area contributed by atoms with Gasteiger partial charge in [-0.05, 0) is 25.0 Å². The second-order valence-electron chi connectivity index (χ2n) is 5.89. The fraction of sp³-hybridized carbons (Fsp3) is 0.600. The highest BCUT2D eigenvalue weighted by atomic mass is 16.4. The first-order valence-corrected chi connectivity index (χ1v) is 7.81. The molecule has 1 atom stereocenters. The van der Waals surface area contributed by atoms with E-state index in [0.29, 0.717) is 24.4 Å². The molecule has 3 heterocycles. The van der Waals surface area contributed by atoms with Crippen LogP contribution in [0, 0.1) is 0 Å². The van der Waals surface area contributed by atoms with E-state index in [0.717, 1.165) is 25.3 Å². The molecule has 1 saturated heterocycles. The summed E-state index contributed by atoms with van der Waals surface area (Å²) in [6, 6.07) is 4.37. The van der Waals surface area contributed by atoms with E-state index in [1.54, 1.807) is 6.20 Å². The van der Waals surface area contributed by atoms with Crippen LogP contribution in [0.25, 0.3) is 0 Å². The third-order valence-electron chi connectivity index (χ3n) is 3.86. The average molecular weight is 302 g/mol. The van der Waals surface area contributed by atoms with Crippen molar-refractivity contribution in [2.45, 2.75) is 45.2 Å². The Labute approximate surface area is 130 Å². The maximum Gasteiger partial charge on any atom is 0.230 e. The van der Waals surface area contributed by atoms with Crippen LogP contribution in [0.4, 0.5) is 5.82 Å². The van der Waals surface area contributed by atoms with Gasteiger partial charge in [0.05, 0.1) is 6.54 Å². The van der Waals surface area contributed by atoms with Crippen molar-refractivity contribution >= 4 is 5.82 Å². The predicted molar refractivity (Wildman–Crippen MR) is 82.5 cm³/mol. The van der Waals surface area contributed by atoms with E-state index in [4.69, 9.17) is 4.42 Å². The average Bonchev–Trinajstić information content (AvgIpc) is 3.17. The number of hydrogen-bond acceptors (Lipinski definition) is 7. The number of anilines is 1. The third-order valence-corrected chi connectivity index (χ3v) is 3.86. The topological polar surface area (TPSA) is 80.0 Å². The lowest BCUT2D eigenvalue weighted by Gasteiger charge is -2.25. The van der Waals surface area contributed by atoms with Gasteiger partial charge in [-0.3, -0.25) is 0 Å². The van der Waals surface area contributed by atoms with Gasteiger partial charge in [-0.2, -0.15) is 5.10 Å². The van der Waals surface area contributed by atoms with Crippen molar-refractivity contribution in [1.29, 1.82) is 0 Å². The monoisotopic (exact) mass is 302 g/mol. The van der Waals surface area contributed by atoms with Crippen LogP contribution in [0.1, 0.15) is 44.4 Å². The Morgan fingerprint density at radius 3 is 3.00 bits per heavy atom. The number of rotatable bonds is 6. The number of nitrogens with one attached hydrogen (secondary N) is 1. The van der Waals surface area contributed by atoms with Crippen molar-refractivity contribution in [3.8, 4) is 0 Å². The van der Waals surface area contributed by atoms with Crippen LogP contribution in [0.5, 0.6) is 0 Å². The molecule has 0 unspecified atom stereocenters. The van der Waals surface area contributed by atoms with Crippen molar-refractivity contribution in [1.82, 2.24) is 25.7 Å². The minimum atomic E-state index is 0.267. The molecule has 0 spiro atoms. The highest BCUT2D eigenvalue weighted by Gasteiger charge is 2.25. The van der Waals surface area contributed by atoms with Gasteiger partial charge in [-0.15, -0.1) is 15.3 Å². The molecular weight excluding hydrogens is 280 g/mol. The Morgan fingerprint density at radius 1 is 1.36 bits per heavy atom. The Balaban J connectivity index is 1.52. The Morgan fingerprint density at radius 2 is 2.27 bits per heavy atom. The molecule has 0 bridgehead atoms. The van der Waals surface area contributed by atoms with Gasteiger partial charge in [0, 0.05) is 31.2 Å². The molecule has 1 aliphatic heterocycles. The molecule has 2 aromatic rings. The molecule has 0 aromatic carbocycles. The van der Waals surface area contributed by atoms with Gasteiger partial charge in [0.25, 0.3) is 0 Å². The van der Waals surface area contributed by atoms with Gasteiger partial charge in [0.2, 0.25) is 11.8 Å². The summed E-state index contributed by atoms with van der Waals surface area (Å²) in [7, 11) is 0. The second-order valence-corrected chi connectivity index (χ2v) is 5.89. The quantitative estimate of drug-likeness (QED) is 0.870. The molecule has 7 heteroatoms. The van der Waals surface area contributed by atoms with Crippen LogP contribution < -0.4 is 10.2 Å². The molecular formula is C15H22N6O. The van der Waals surface area contributed by atoms with Crippen LogP contribution in [-0.4, -0.2) is 39.5 Å². The summed E-state index contributed by atoms with van der Waals surface area (Å²) in [6.07, 6.45) is 4.04. The zero-order chi connectivity index (χ0) is 15.4. The Bertz CT molecular complexity index is 585. The van der Waals surface area contributed by atoms with Crippen LogP contribution >= 0.6 is 0 Å². The van der Waals surface area contributed by atoms with Crippen LogP contribution in [0.15, 0.2) is 22.7 Å². The summed E-state index contributed by atoms with van der Waals surface area (Å²) >= 11 is 0. The fourth-order valence-corrected chi connectivity index (χ4v) is 2.71. The SMILES string of the molecule is CC(C)c1nnc(CNC[C@H]2CCCN2c2cccnn2)o1. The molecule has 22 heavy (non-hydrogen) atoms. The van der Waals surface area contributed by atoms with Crippen LogP contribution in [0.2, 0.25) is 0 Å². The highest BCUT2D eigenvalue weighted by Crippen LogP contribution is 2.22. The smallest absolute Gasteiger partial charge is 0.230 e. The summed E-state index contributed by atoms with van der Waals surface area (Å²) in [5.74, 6) is 2.56. The molecule has 118 valence electrons. The molecule has 7 nitrogen and oxygen atoms in total. The van der Waals surface area contributed by atoms with E-state index in [-0.39, 0.29) is 5.92 Å². The normalized spacial score (nSPS) is 18.3. The summed E-state index contributed by atoms with van der Waals surface area (Å²) in [4.78, 5) is 2.31. The molecule has 1 fully saturated rings. The number of aromatic nitrogens is 4. The summed E-state index contributed by atoms with van der Waals surface area (Å²) < 4.78 is 5.60. The predicted octanol–water partition coefficient (Wildman–Crippen LogP) is 1.74. The van der Waals surface area contributed by atoms with Gasteiger partial charge in [0.1, 0.15) is 0 Å². The maximum atomic E-state index is 5.60. The molecule has 0 amide bonds. The van der Waals surface area contributed by atoms with Crippen LogP contribution in [-0.2, 0) is 6.54 Å². The van der Waals surface area contributed by atoms with E-state index in [1.807, 2.05) is 26.0 Å². The molecule has 2 aromatic heterocycles. The fourth-order valence-electron chi connectivity index (χ4n) is 2.71. The zero-order valence-electron chi connectivity index (χ0n) is 13.1. The van der Waals surface area contributed by atoms with Gasteiger partial charge in [-0.1, -0.05) is 13.8 Å². The van der Waals surface area contributed by atoms with E-state index in [1.165, 1.54) is 6.42 Å². The molecule has 3 rings (SSSR count). The van der Waals surface area contributed by atoms with E-state index in [2.05, 4.69) is 30.6 Å². The standard InChI is InChI=1S/C15H22N6O/c1-11(2)15-20-19-14(22-15)10-16-9-12-5-4-8-21(12)13-6-3-7-17-18-13/h3,6-7,11-12,16H,4-5,8-10H2,1-2H3/t12-/m1/s1. The van der Waals surface area contributed by atoms with Crippen molar-refractivity contribution in [2.24, 2.45) is 0 Å². The summed E-state index contributed by atoms with van der Waals surface area (Å²) in [6.45, 7) is 6.59. The van der Waals surface area contributed by atoms with Gasteiger partial charge in [-0.25, -0.2) is 0 Å². The van der Waals surface area contributed by atoms with Gasteiger partial charge >= 0.3 is 0 Å². The lowest BCUT2D eigenvalue weighted by atomic mass is 10.2. The number of hydrogen-bond donors (Lipinski definition) is 1. The molecule has 0 radical (unpaired) electrons. The first-order chi connectivity index (χ1) is 10.7. The Kier molecular flexibility index (Phi) is 4.62. The van der Waals surface area contributed by atoms with Gasteiger partial charge < -0.3 is 14.6 Å². The summed E-state index contributed by atoms with van der Waals surface area (Å²) in [5, 5.41) is 19.7.